The molecule has 1 fully saturated rings. The van der Waals surface area contributed by atoms with Crippen LogP contribution in [0, 0.1) is 13.8 Å². The van der Waals surface area contributed by atoms with Crippen molar-refractivity contribution in [1.29, 1.82) is 0 Å². The van der Waals surface area contributed by atoms with Crippen LogP contribution in [0.3, 0.4) is 0 Å². The van der Waals surface area contributed by atoms with Crippen LogP contribution < -0.4 is 10.0 Å². The van der Waals surface area contributed by atoms with Gasteiger partial charge >= 0.3 is 0 Å². The minimum absolute atomic E-state index is 0.199. The standard InChI is InChI=1S/C27H31N3O4S/c1-20-10-11-21(2)26(16-20)35(32,33)29-25-9-4-3-8-24(25)27(31)28-18-22-6-5-7-23(17-22)19-30-12-14-34-15-13-30/h3-11,16-17,29H,12-15,18-19H2,1-2H3,(H,28,31). The Morgan fingerprint density at radius 1 is 0.943 bits per heavy atom. The number of carbonyl (C=O) groups is 1. The lowest BCUT2D eigenvalue weighted by molar-refractivity contribution is 0.0342. The van der Waals surface area contributed by atoms with Gasteiger partial charge in [-0.1, -0.05) is 48.5 Å². The molecule has 35 heavy (non-hydrogen) atoms. The number of hydrogen-bond acceptors (Lipinski definition) is 5. The lowest BCUT2D eigenvalue weighted by Gasteiger charge is -2.26. The van der Waals surface area contributed by atoms with Gasteiger partial charge in [0.15, 0.2) is 0 Å². The summed E-state index contributed by atoms with van der Waals surface area (Å²) in [6, 6.07) is 20.0. The first-order valence-corrected chi connectivity index (χ1v) is 13.2. The van der Waals surface area contributed by atoms with Gasteiger partial charge in [0.1, 0.15) is 0 Å². The van der Waals surface area contributed by atoms with Crippen LogP contribution in [-0.2, 0) is 27.8 Å². The molecule has 0 bridgehead atoms. The molecule has 4 rings (SSSR count). The van der Waals surface area contributed by atoms with Crippen LogP contribution in [0.25, 0.3) is 0 Å². The number of sulfonamides is 1. The smallest absolute Gasteiger partial charge is 0.262 e. The second-order valence-electron chi connectivity index (χ2n) is 8.81. The molecule has 0 aliphatic carbocycles. The fourth-order valence-corrected chi connectivity index (χ4v) is 5.51. The van der Waals surface area contributed by atoms with E-state index in [2.05, 4.69) is 27.1 Å². The Labute approximate surface area is 207 Å². The number of ether oxygens (including phenoxy) is 1. The number of hydrogen-bond donors (Lipinski definition) is 2. The predicted molar refractivity (Wildman–Crippen MR) is 137 cm³/mol. The number of morpholine rings is 1. The minimum Gasteiger partial charge on any atom is -0.379 e. The number of nitrogens with one attached hydrogen (secondary N) is 2. The van der Waals surface area contributed by atoms with E-state index in [1.807, 2.05) is 25.1 Å². The molecule has 1 heterocycles. The average Bonchev–Trinajstić information content (AvgIpc) is 2.85. The third kappa shape index (κ3) is 6.48. The maximum absolute atomic E-state index is 13.1. The number of amides is 1. The normalized spacial score (nSPS) is 14.5. The average molecular weight is 494 g/mol. The van der Waals surface area contributed by atoms with Crippen molar-refractivity contribution >= 4 is 21.6 Å². The van der Waals surface area contributed by atoms with Gasteiger partial charge in [0, 0.05) is 26.2 Å². The van der Waals surface area contributed by atoms with Gasteiger partial charge in [-0.25, -0.2) is 8.42 Å². The van der Waals surface area contributed by atoms with Gasteiger partial charge in [0.05, 0.1) is 29.4 Å². The van der Waals surface area contributed by atoms with Gasteiger partial charge in [0.2, 0.25) is 0 Å². The molecule has 0 spiro atoms. The Kier molecular flexibility index (Phi) is 7.85. The highest BCUT2D eigenvalue weighted by Crippen LogP contribution is 2.23. The zero-order valence-corrected chi connectivity index (χ0v) is 20.9. The van der Waals surface area contributed by atoms with Crippen molar-refractivity contribution in [2.24, 2.45) is 0 Å². The van der Waals surface area contributed by atoms with Crippen LogP contribution in [0.15, 0.2) is 71.6 Å². The molecule has 2 N–H and O–H groups in total. The first-order valence-electron chi connectivity index (χ1n) is 11.7. The lowest BCUT2D eigenvalue weighted by atomic mass is 10.1. The second-order valence-corrected chi connectivity index (χ2v) is 10.5. The van der Waals surface area contributed by atoms with E-state index in [1.165, 1.54) is 5.56 Å². The molecule has 3 aromatic carbocycles. The number of para-hydroxylation sites is 1. The molecule has 3 aromatic rings. The number of rotatable bonds is 8. The summed E-state index contributed by atoms with van der Waals surface area (Å²) in [6.07, 6.45) is 0. The largest absolute Gasteiger partial charge is 0.379 e. The Morgan fingerprint density at radius 3 is 2.49 bits per heavy atom. The number of carbonyl (C=O) groups excluding carboxylic acids is 1. The van der Waals surface area contributed by atoms with E-state index < -0.39 is 10.0 Å². The molecule has 1 amide bonds. The number of anilines is 1. The molecule has 184 valence electrons. The Hall–Kier alpha value is -3.20. The van der Waals surface area contributed by atoms with Crippen molar-refractivity contribution in [2.75, 3.05) is 31.0 Å². The molecule has 0 aromatic heterocycles. The first-order chi connectivity index (χ1) is 16.8. The topological polar surface area (TPSA) is 87.7 Å². The molecule has 1 aliphatic heterocycles. The molecular weight excluding hydrogens is 462 g/mol. The molecule has 7 nitrogen and oxygen atoms in total. The van der Waals surface area contributed by atoms with Crippen LogP contribution >= 0.6 is 0 Å². The van der Waals surface area contributed by atoms with E-state index in [9.17, 15) is 13.2 Å². The summed E-state index contributed by atoms with van der Waals surface area (Å²) >= 11 is 0. The third-order valence-corrected chi connectivity index (χ3v) is 7.51. The summed E-state index contributed by atoms with van der Waals surface area (Å²) in [5.74, 6) is -0.345. The maximum Gasteiger partial charge on any atom is 0.262 e. The van der Waals surface area contributed by atoms with Gasteiger partial charge in [-0.05, 0) is 54.3 Å². The van der Waals surface area contributed by atoms with E-state index in [0.717, 1.165) is 44.0 Å². The quantitative estimate of drug-likeness (QED) is 0.498. The molecule has 8 heteroatoms. The fraction of sp³-hybridized carbons (Fsp3) is 0.296. The van der Waals surface area contributed by atoms with Crippen LogP contribution in [0.4, 0.5) is 5.69 Å². The van der Waals surface area contributed by atoms with Crippen LogP contribution in [-0.4, -0.2) is 45.5 Å². The van der Waals surface area contributed by atoms with Crippen LogP contribution in [0.2, 0.25) is 0 Å². The molecule has 0 radical (unpaired) electrons. The van der Waals surface area contributed by atoms with Crippen molar-refractivity contribution in [3.05, 3.63) is 94.5 Å². The van der Waals surface area contributed by atoms with Gasteiger partial charge in [-0.3, -0.25) is 14.4 Å². The summed E-state index contributed by atoms with van der Waals surface area (Å²) in [6.45, 7) is 8.10. The highest BCUT2D eigenvalue weighted by Gasteiger charge is 2.20. The highest BCUT2D eigenvalue weighted by atomic mass is 32.2. The second kappa shape index (κ2) is 11.0. The van der Waals surface area contributed by atoms with Crippen molar-refractivity contribution < 1.29 is 17.9 Å². The Morgan fingerprint density at radius 2 is 1.69 bits per heavy atom. The van der Waals surface area contributed by atoms with E-state index in [-0.39, 0.29) is 22.1 Å². The van der Waals surface area contributed by atoms with Crippen LogP contribution in [0.5, 0.6) is 0 Å². The van der Waals surface area contributed by atoms with E-state index in [4.69, 9.17) is 4.74 Å². The van der Waals surface area contributed by atoms with Gasteiger partial charge < -0.3 is 10.1 Å². The highest BCUT2D eigenvalue weighted by molar-refractivity contribution is 7.92. The fourth-order valence-electron chi connectivity index (χ4n) is 4.10. The van der Waals surface area contributed by atoms with Crippen molar-refractivity contribution in [2.45, 2.75) is 31.8 Å². The zero-order valence-electron chi connectivity index (χ0n) is 20.1. The molecule has 0 atom stereocenters. The third-order valence-electron chi connectivity index (χ3n) is 6.00. The van der Waals surface area contributed by atoms with Gasteiger partial charge in [-0.15, -0.1) is 0 Å². The number of benzene rings is 3. The van der Waals surface area contributed by atoms with Crippen molar-refractivity contribution in [1.82, 2.24) is 10.2 Å². The summed E-state index contributed by atoms with van der Waals surface area (Å²) < 4.78 is 34.2. The number of nitrogens with zero attached hydrogens (tertiary/aromatic N) is 1. The monoisotopic (exact) mass is 493 g/mol. The minimum atomic E-state index is -3.85. The summed E-state index contributed by atoms with van der Waals surface area (Å²) in [4.78, 5) is 15.6. The Bertz CT molecular complexity index is 1300. The summed E-state index contributed by atoms with van der Waals surface area (Å²) in [5, 5.41) is 2.93. The molecular formula is C27H31N3O4S. The summed E-state index contributed by atoms with van der Waals surface area (Å²) in [7, 11) is -3.85. The summed E-state index contributed by atoms with van der Waals surface area (Å²) in [5.41, 5.74) is 4.16. The predicted octanol–water partition coefficient (Wildman–Crippen LogP) is 3.87. The van der Waals surface area contributed by atoms with Crippen molar-refractivity contribution in [3.8, 4) is 0 Å². The lowest BCUT2D eigenvalue weighted by Crippen LogP contribution is -2.35. The van der Waals surface area contributed by atoms with Crippen molar-refractivity contribution in [3.63, 3.8) is 0 Å². The van der Waals surface area contributed by atoms with Crippen LogP contribution in [0.1, 0.15) is 32.6 Å². The molecule has 1 aliphatic rings. The molecule has 0 unspecified atom stereocenters. The zero-order chi connectivity index (χ0) is 24.8. The maximum atomic E-state index is 13.1. The van der Waals surface area contributed by atoms with Gasteiger partial charge in [0.25, 0.3) is 15.9 Å². The Balaban J connectivity index is 1.45. The molecule has 1 saturated heterocycles. The SMILES string of the molecule is Cc1ccc(C)c(S(=O)(=O)Nc2ccccc2C(=O)NCc2cccc(CN3CCOCC3)c2)c1. The number of aryl methyl sites for hydroxylation is 2. The van der Waals surface area contributed by atoms with E-state index in [1.54, 1.807) is 43.3 Å². The van der Waals surface area contributed by atoms with E-state index >= 15 is 0 Å². The molecule has 0 saturated carbocycles. The van der Waals surface area contributed by atoms with Gasteiger partial charge in [-0.2, -0.15) is 0 Å². The van der Waals surface area contributed by atoms with E-state index in [0.29, 0.717) is 12.1 Å². The first kappa shape index (κ1) is 24.9.